The molecule has 2 rings (SSSR count). The Morgan fingerprint density at radius 2 is 1.94 bits per heavy atom. The summed E-state index contributed by atoms with van der Waals surface area (Å²) < 4.78 is 2.30. The van der Waals surface area contributed by atoms with Gasteiger partial charge in [-0.1, -0.05) is 18.2 Å². The summed E-state index contributed by atoms with van der Waals surface area (Å²) in [6, 6.07) is 8.65. The Hall–Kier alpha value is -2.37. The molecule has 0 spiro atoms. The zero-order valence-electron chi connectivity index (χ0n) is 8.45. The van der Waals surface area contributed by atoms with Crippen LogP contribution in [0.3, 0.4) is 0 Å². The predicted octanol–water partition coefficient (Wildman–Crippen LogP) is -1.07. The molecule has 0 saturated carbocycles. The van der Waals surface area contributed by atoms with Crippen molar-refractivity contribution in [1.82, 2.24) is 14.3 Å². The van der Waals surface area contributed by atoms with E-state index in [0.29, 0.717) is 5.69 Å². The Balaban J connectivity index is 2.68. The van der Waals surface area contributed by atoms with E-state index in [1.807, 2.05) is 0 Å². The third-order valence-corrected chi connectivity index (χ3v) is 2.17. The van der Waals surface area contributed by atoms with Gasteiger partial charge in [-0.3, -0.25) is 4.68 Å². The van der Waals surface area contributed by atoms with Gasteiger partial charge in [-0.25, -0.2) is 4.79 Å². The zero-order valence-corrected chi connectivity index (χ0v) is 8.45. The number of carbonyl (C=O) groups is 1. The standard InChI is InChI=1S/C10H9N3O3/c1-12-8(9(14)15)11-10(16)13(12)7-5-3-2-4-6-7/h2-6H,1H3,(H,14,15)/p-1. The van der Waals surface area contributed by atoms with E-state index in [0.717, 1.165) is 9.36 Å². The zero-order chi connectivity index (χ0) is 11.7. The molecule has 0 radical (unpaired) electrons. The smallest absolute Gasteiger partial charge is 0.369 e. The van der Waals surface area contributed by atoms with Crippen LogP contribution < -0.4 is 10.8 Å². The van der Waals surface area contributed by atoms with Crippen LogP contribution in [-0.4, -0.2) is 20.3 Å². The number of para-hydroxylation sites is 1. The van der Waals surface area contributed by atoms with E-state index in [2.05, 4.69) is 4.98 Å². The molecular formula is C10H8N3O3-. The summed E-state index contributed by atoms with van der Waals surface area (Å²) in [6.45, 7) is 0. The summed E-state index contributed by atoms with van der Waals surface area (Å²) in [6.07, 6.45) is 0. The monoisotopic (exact) mass is 218 g/mol. The summed E-state index contributed by atoms with van der Waals surface area (Å²) >= 11 is 0. The van der Waals surface area contributed by atoms with Gasteiger partial charge in [0.15, 0.2) is 5.82 Å². The molecule has 0 aliphatic rings. The molecule has 0 N–H and O–H groups in total. The molecule has 16 heavy (non-hydrogen) atoms. The SMILES string of the molecule is Cn1c(C(=O)[O-])nc(=O)n1-c1ccccc1. The van der Waals surface area contributed by atoms with Gasteiger partial charge in [0.1, 0.15) is 5.97 Å². The van der Waals surface area contributed by atoms with E-state index in [1.165, 1.54) is 7.05 Å². The molecule has 6 heteroatoms. The summed E-state index contributed by atoms with van der Waals surface area (Å²) in [5.41, 5.74) is -0.0945. The van der Waals surface area contributed by atoms with Crippen molar-refractivity contribution in [3.05, 3.63) is 46.6 Å². The quantitative estimate of drug-likeness (QED) is 0.643. The van der Waals surface area contributed by atoms with Gasteiger partial charge in [-0.05, 0) is 12.1 Å². The lowest BCUT2D eigenvalue weighted by atomic mass is 10.3. The van der Waals surface area contributed by atoms with E-state index in [-0.39, 0.29) is 0 Å². The normalized spacial score (nSPS) is 10.3. The Morgan fingerprint density at radius 3 is 2.44 bits per heavy atom. The lowest BCUT2D eigenvalue weighted by Crippen LogP contribution is -2.27. The van der Waals surface area contributed by atoms with Gasteiger partial charge in [0.2, 0.25) is 0 Å². The van der Waals surface area contributed by atoms with E-state index in [4.69, 9.17) is 0 Å². The molecule has 0 atom stereocenters. The summed E-state index contributed by atoms with van der Waals surface area (Å²) in [5, 5.41) is 10.7. The number of carbonyl (C=O) groups excluding carboxylic acids is 1. The van der Waals surface area contributed by atoms with Crippen molar-refractivity contribution in [2.45, 2.75) is 0 Å². The molecule has 0 fully saturated rings. The van der Waals surface area contributed by atoms with Crippen LogP contribution in [-0.2, 0) is 7.05 Å². The topological polar surface area (TPSA) is 80.0 Å². The van der Waals surface area contributed by atoms with Crippen molar-refractivity contribution in [3.8, 4) is 5.69 Å². The highest BCUT2D eigenvalue weighted by Crippen LogP contribution is 2.03. The van der Waals surface area contributed by atoms with Crippen molar-refractivity contribution in [2.75, 3.05) is 0 Å². The average Bonchev–Trinajstić information content (AvgIpc) is 2.56. The van der Waals surface area contributed by atoms with Gasteiger partial charge >= 0.3 is 5.69 Å². The maximum Gasteiger partial charge on any atom is 0.369 e. The third-order valence-electron chi connectivity index (χ3n) is 2.17. The molecule has 2 aromatic rings. The first kappa shape index (κ1) is 10.2. The number of hydrogen-bond acceptors (Lipinski definition) is 4. The molecule has 1 aromatic heterocycles. The molecule has 0 aliphatic heterocycles. The van der Waals surface area contributed by atoms with Crippen LogP contribution in [0, 0.1) is 0 Å². The molecule has 82 valence electrons. The highest BCUT2D eigenvalue weighted by Gasteiger charge is 2.11. The minimum absolute atomic E-state index is 0.395. The number of carboxylic acids is 1. The summed E-state index contributed by atoms with van der Waals surface area (Å²) in [4.78, 5) is 25.6. The largest absolute Gasteiger partial charge is 0.542 e. The van der Waals surface area contributed by atoms with Crippen LogP contribution in [0.5, 0.6) is 0 Å². The Labute approximate surface area is 90.4 Å². The highest BCUT2D eigenvalue weighted by atomic mass is 16.4. The lowest BCUT2D eigenvalue weighted by molar-refractivity contribution is -0.256. The Morgan fingerprint density at radius 1 is 1.31 bits per heavy atom. The summed E-state index contributed by atoms with van der Waals surface area (Å²) in [7, 11) is 1.44. The van der Waals surface area contributed by atoms with Crippen molar-refractivity contribution in [1.29, 1.82) is 0 Å². The molecule has 0 bridgehead atoms. The van der Waals surface area contributed by atoms with E-state index >= 15 is 0 Å². The third kappa shape index (κ3) is 1.50. The van der Waals surface area contributed by atoms with E-state index in [9.17, 15) is 14.7 Å². The first-order valence-electron chi connectivity index (χ1n) is 4.54. The van der Waals surface area contributed by atoms with E-state index in [1.54, 1.807) is 30.3 Å². The number of rotatable bonds is 2. The summed E-state index contributed by atoms with van der Waals surface area (Å²) in [5.74, 6) is -1.87. The van der Waals surface area contributed by atoms with Gasteiger partial charge in [0, 0.05) is 7.05 Å². The van der Waals surface area contributed by atoms with Crippen molar-refractivity contribution in [2.24, 2.45) is 7.05 Å². The van der Waals surface area contributed by atoms with Crippen LogP contribution in [0.15, 0.2) is 35.1 Å². The lowest BCUT2D eigenvalue weighted by Gasteiger charge is -2.07. The average molecular weight is 218 g/mol. The molecule has 0 saturated heterocycles. The van der Waals surface area contributed by atoms with Crippen LogP contribution in [0.25, 0.3) is 5.69 Å². The Bertz CT molecular complexity index is 583. The number of nitrogens with zero attached hydrogens (tertiary/aromatic N) is 3. The van der Waals surface area contributed by atoms with Gasteiger partial charge in [-0.2, -0.15) is 9.67 Å². The minimum atomic E-state index is -1.48. The van der Waals surface area contributed by atoms with Gasteiger partial charge < -0.3 is 9.90 Å². The number of carboxylic acid groups (broad SMARTS) is 1. The molecule has 1 aromatic carbocycles. The number of hydrogen-bond donors (Lipinski definition) is 0. The maximum absolute atomic E-state index is 11.5. The molecule has 0 aliphatic carbocycles. The number of aromatic carboxylic acids is 1. The van der Waals surface area contributed by atoms with Gasteiger partial charge in [0.25, 0.3) is 0 Å². The van der Waals surface area contributed by atoms with Crippen molar-refractivity contribution < 1.29 is 9.90 Å². The van der Waals surface area contributed by atoms with Gasteiger partial charge in [0.05, 0.1) is 5.69 Å². The molecule has 1 heterocycles. The highest BCUT2D eigenvalue weighted by molar-refractivity contribution is 5.81. The van der Waals surface area contributed by atoms with Gasteiger partial charge in [-0.15, -0.1) is 0 Å². The molecule has 6 nitrogen and oxygen atoms in total. The molecule has 0 unspecified atom stereocenters. The fourth-order valence-corrected chi connectivity index (χ4v) is 1.46. The van der Waals surface area contributed by atoms with Crippen LogP contribution in [0.4, 0.5) is 0 Å². The van der Waals surface area contributed by atoms with Crippen molar-refractivity contribution in [3.63, 3.8) is 0 Å². The fourth-order valence-electron chi connectivity index (χ4n) is 1.46. The van der Waals surface area contributed by atoms with Crippen LogP contribution in [0.2, 0.25) is 0 Å². The molecule has 0 amide bonds. The van der Waals surface area contributed by atoms with Crippen molar-refractivity contribution >= 4 is 5.97 Å². The second kappa shape index (κ2) is 3.65. The van der Waals surface area contributed by atoms with Crippen LogP contribution >= 0.6 is 0 Å². The van der Waals surface area contributed by atoms with Crippen LogP contribution in [0.1, 0.15) is 10.6 Å². The maximum atomic E-state index is 11.5. The second-order valence-electron chi connectivity index (χ2n) is 3.18. The first-order chi connectivity index (χ1) is 7.61. The fraction of sp³-hybridized carbons (Fsp3) is 0.100. The number of aromatic nitrogens is 3. The minimum Gasteiger partial charge on any atom is -0.542 e. The van der Waals surface area contributed by atoms with E-state index < -0.39 is 17.5 Å². The second-order valence-corrected chi connectivity index (χ2v) is 3.18. The molecular weight excluding hydrogens is 210 g/mol. The Kier molecular flexibility index (Phi) is 2.32. The number of benzene rings is 1. The predicted molar refractivity (Wildman–Crippen MR) is 53.1 cm³/mol. The first-order valence-corrected chi connectivity index (χ1v) is 4.54.